The number of anilines is 6. The van der Waals surface area contributed by atoms with Crippen LogP contribution in [0, 0.1) is 0 Å². The van der Waals surface area contributed by atoms with Crippen molar-refractivity contribution in [3.63, 3.8) is 0 Å². The van der Waals surface area contributed by atoms with E-state index in [0.29, 0.717) is 0 Å². The summed E-state index contributed by atoms with van der Waals surface area (Å²) in [6, 6.07) is 43.8. The van der Waals surface area contributed by atoms with E-state index in [0.717, 1.165) is 12.8 Å². The molecule has 0 aromatic heterocycles. The van der Waals surface area contributed by atoms with E-state index in [9.17, 15) is 0 Å². The van der Waals surface area contributed by atoms with Crippen LogP contribution in [0.5, 0.6) is 0 Å². The molecule has 3 heteroatoms. The minimum atomic E-state index is 0.184. The van der Waals surface area contributed by atoms with Crippen LogP contribution in [0.1, 0.15) is 102 Å². The summed E-state index contributed by atoms with van der Waals surface area (Å²) >= 11 is 0. The van der Waals surface area contributed by atoms with E-state index in [1.54, 1.807) is 0 Å². The Labute approximate surface area is 296 Å². The van der Waals surface area contributed by atoms with Gasteiger partial charge >= 0.3 is 0 Å². The Balaban J connectivity index is 1.36. The molecule has 2 nitrogen and oxygen atoms in total. The third kappa shape index (κ3) is 7.09. The zero-order valence-electron chi connectivity index (χ0n) is 29.8. The van der Waals surface area contributed by atoms with Crippen LogP contribution in [0.15, 0.2) is 115 Å². The highest BCUT2D eigenvalue weighted by molar-refractivity contribution is 7.00. The Bertz CT molecular complexity index is 1800. The summed E-state index contributed by atoms with van der Waals surface area (Å²) < 4.78 is 0. The van der Waals surface area contributed by atoms with Gasteiger partial charge in [-0.1, -0.05) is 145 Å². The molecule has 0 spiro atoms. The number of benzene rings is 5. The number of rotatable bonds is 16. The number of unbranched alkanes of at least 4 members (excludes halogenated alkanes) is 10. The fourth-order valence-corrected chi connectivity index (χ4v) is 8.29. The fourth-order valence-electron chi connectivity index (χ4n) is 8.29. The van der Waals surface area contributed by atoms with E-state index >= 15 is 0 Å². The van der Waals surface area contributed by atoms with Crippen molar-refractivity contribution in [2.24, 2.45) is 0 Å². The maximum atomic E-state index is 2.57. The van der Waals surface area contributed by atoms with Crippen LogP contribution in [-0.4, -0.2) is 6.71 Å². The molecule has 2 aliphatic heterocycles. The second-order valence-corrected chi connectivity index (χ2v) is 14.3. The SMILES string of the molecule is CCCCCCCCc1ccc2c(c1)B1c3ccccc3N(c3ccccc3)c3cc(CCCCCCCC)cc(c31)N2c1ccccc1. The van der Waals surface area contributed by atoms with E-state index in [1.807, 2.05) is 0 Å². The van der Waals surface area contributed by atoms with Crippen molar-refractivity contribution < 1.29 is 0 Å². The number of hydrogen-bond donors (Lipinski definition) is 0. The minimum absolute atomic E-state index is 0.184. The fraction of sp³-hybridized carbons (Fsp3) is 0.348. The molecular formula is C46H53BN2. The summed E-state index contributed by atoms with van der Waals surface area (Å²) in [7, 11) is 0. The van der Waals surface area contributed by atoms with Gasteiger partial charge in [0.05, 0.1) is 0 Å². The highest BCUT2D eigenvalue weighted by atomic mass is 15.2. The monoisotopic (exact) mass is 644 g/mol. The second kappa shape index (κ2) is 16.0. The van der Waals surface area contributed by atoms with Crippen LogP contribution in [0.2, 0.25) is 0 Å². The van der Waals surface area contributed by atoms with E-state index in [-0.39, 0.29) is 6.71 Å². The summed E-state index contributed by atoms with van der Waals surface area (Å²) in [4.78, 5) is 5.12. The molecule has 5 aromatic carbocycles. The molecule has 0 amide bonds. The van der Waals surface area contributed by atoms with Crippen LogP contribution in [0.25, 0.3) is 0 Å². The quantitative estimate of drug-likeness (QED) is 0.0763. The first-order chi connectivity index (χ1) is 24.3. The lowest BCUT2D eigenvalue weighted by Crippen LogP contribution is -2.61. The standard InChI is InChI=1S/C46H53BN2/c1-3-5-7-9-11-15-23-36-31-32-43-41(33-36)47-40-29-21-22-30-42(40)48(38-25-17-13-18-26-38)44-34-37(24-16-12-10-8-6-4-2)35-45(46(44)47)49(43)39-27-19-14-20-28-39/h13-14,17-22,25-35H,3-12,15-16,23-24H2,1-2H3. The lowest BCUT2D eigenvalue weighted by Gasteiger charge is -2.44. The lowest BCUT2D eigenvalue weighted by atomic mass is 9.33. The van der Waals surface area contributed by atoms with Gasteiger partial charge in [-0.25, -0.2) is 0 Å². The van der Waals surface area contributed by atoms with Gasteiger partial charge in [0.15, 0.2) is 0 Å². The van der Waals surface area contributed by atoms with Crippen LogP contribution >= 0.6 is 0 Å². The molecular weight excluding hydrogens is 591 g/mol. The summed E-state index contributed by atoms with van der Waals surface area (Å²) in [6.07, 6.45) is 18.1. The predicted molar refractivity (Wildman–Crippen MR) is 215 cm³/mol. The predicted octanol–water partition coefficient (Wildman–Crippen LogP) is 11.6. The molecule has 0 atom stereocenters. The van der Waals surface area contributed by atoms with Crippen molar-refractivity contribution in [3.8, 4) is 0 Å². The molecule has 250 valence electrons. The van der Waals surface area contributed by atoms with Crippen molar-refractivity contribution in [1.82, 2.24) is 0 Å². The van der Waals surface area contributed by atoms with Crippen molar-refractivity contribution in [2.45, 2.75) is 104 Å². The normalized spacial score (nSPS) is 12.9. The van der Waals surface area contributed by atoms with Crippen molar-refractivity contribution >= 4 is 57.2 Å². The summed E-state index contributed by atoms with van der Waals surface area (Å²) in [5.74, 6) is 0. The van der Waals surface area contributed by atoms with Gasteiger partial charge in [0.2, 0.25) is 0 Å². The molecule has 2 heterocycles. The molecule has 0 unspecified atom stereocenters. The number of nitrogens with zero attached hydrogens (tertiary/aromatic N) is 2. The molecule has 0 aliphatic carbocycles. The van der Waals surface area contributed by atoms with E-state index < -0.39 is 0 Å². The molecule has 0 bridgehead atoms. The largest absolute Gasteiger partial charge is 0.311 e. The molecule has 49 heavy (non-hydrogen) atoms. The topological polar surface area (TPSA) is 6.48 Å². The van der Waals surface area contributed by atoms with Crippen LogP contribution < -0.4 is 26.2 Å². The molecule has 5 aromatic rings. The number of para-hydroxylation sites is 3. The van der Waals surface area contributed by atoms with E-state index in [1.165, 1.54) is 139 Å². The van der Waals surface area contributed by atoms with Crippen molar-refractivity contribution in [3.05, 3.63) is 126 Å². The highest BCUT2D eigenvalue weighted by Gasteiger charge is 2.43. The Morgan fingerprint density at radius 2 is 0.898 bits per heavy atom. The molecule has 0 N–H and O–H groups in total. The smallest absolute Gasteiger partial charge is 0.252 e. The summed E-state index contributed by atoms with van der Waals surface area (Å²) in [6.45, 7) is 4.79. The molecule has 0 fully saturated rings. The third-order valence-electron chi connectivity index (χ3n) is 10.8. The zero-order chi connectivity index (χ0) is 33.4. The van der Waals surface area contributed by atoms with E-state index in [2.05, 4.69) is 139 Å². The van der Waals surface area contributed by atoms with Gasteiger partial charge < -0.3 is 9.80 Å². The Morgan fingerprint density at radius 3 is 1.49 bits per heavy atom. The van der Waals surface area contributed by atoms with Crippen LogP contribution in [-0.2, 0) is 12.8 Å². The summed E-state index contributed by atoms with van der Waals surface area (Å²) in [5.41, 5.74) is 14.9. The second-order valence-electron chi connectivity index (χ2n) is 14.3. The maximum absolute atomic E-state index is 2.57. The van der Waals surface area contributed by atoms with Gasteiger partial charge in [-0.15, -0.1) is 0 Å². The highest BCUT2D eigenvalue weighted by Crippen LogP contribution is 2.44. The Kier molecular flexibility index (Phi) is 10.9. The average molecular weight is 645 g/mol. The molecule has 7 rings (SSSR count). The maximum Gasteiger partial charge on any atom is 0.252 e. The molecule has 0 saturated carbocycles. The van der Waals surface area contributed by atoms with Crippen molar-refractivity contribution in [2.75, 3.05) is 9.80 Å². The van der Waals surface area contributed by atoms with Crippen molar-refractivity contribution in [1.29, 1.82) is 0 Å². The van der Waals surface area contributed by atoms with Gasteiger partial charge in [0.25, 0.3) is 6.71 Å². The van der Waals surface area contributed by atoms with Crippen LogP contribution in [0.4, 0.5) is 34.1 Å². The lowest BCUT2D eigenvalue weighted by molar-refractivity contribution is 0.607. The first kappa shape index (κ1) is 33.3. The van der Waals surface area contributed by atoms with Gasteiger partial charge in [-0.2, -0.15) is 0 Å². The third-order valence-corrected chi connectivity index (χ3v) is 10.8. The van der Waals surface area contributed by atoms with Gasteiger partial charge in [0, 0.05) is 34.1 Å². The Morgan fingerprint density at radius 1 is 0.408 bits per heavy atom. The first-order valence-electron chi connectivity index (χ1n) is 19.4. The van der Waals surface area contributed by atoms with E-state index in [4.69, 9.17) is 0 Å². The molecule has 0 saturated heterocycles. The zero-order valence-corrected chi connectivity index (χ0v) is 29.8. The average Bonchev–Trinajstić information content (AvgIpc) is 3.15. The molecule has 0 radical (unpaired) electrons. The summed E-state index contributed by atoms with van der Waals surface area (Å²) in [5, 5.41) is 0. The van der Waals surface area contributed by atoms with Gasteiger partial charge in [-0.05, 0) is 102 Å². The van der Waals surface area contributed by atoms with Crippen LogP contribution in [0.3, 0.4) is 0 Å². The molecule has 2 aliphatic rings. The minimum Gasteiger partial charge on any atom is -0.311 e. The van der Waals surface area contributed by atoms with Gasteiger partial charge in [0.1, 0.15) is 0 Å². The Hall–Kier alpha value is -4.24. The van der Waals surface area contributed by atoms with Gasteiger partial charge in [-0.3, -0.25) is 0 Å². The number of fused-ring (bicyclic) bond motifs is 4. The number of hydrogen-bond acceptors (Lipinski definition) is 2. The first-order valence-corrected chi connectivity index (χ1v) is 19.4. The number of aryl methyl sites for hydroxylation is 2.